The van der Waals surface area contributed by atoms with Crippen LogP contribution >= 0.6 is 11.6 Å². The maximum atomic E-state index is 12.2. The molecule has 134 valence electrons. The molecule has 0 aliphatic carbocycles. The first-order valence-corrected chi connectivity index (χ1v) is 7.98. The third kappa shape index (κ3) is 4.27. The Bertz CT molecular complexity index is 723. The zero-order valence-electron chi connectivity index (χ0n) is 13.8. The minimum absolute atomic E-state index is 0.348. The van der Waals surface area contributed by atoms with E-state index in [1.807, 2.05) is 0 Å². The van der Waals surface area contributed by atoms with Crippen molar-refractivity contribution in [2.45, 2.75) is 25.8 Å². The Morgan fingerprint density at radius 3 is 2.60 bits per heavy atom. The Labute approximate surface area is 149 Å². The number of amides is 4. The highest BCUT2D eigenvalue weighted by Crippen LogP contribution is 2.21. The van der Waals surface area contributed by atoms with Crippen molar-refractivity contribution in [2.75, 3.05) is 18.5 Å². The van der Waals surface area contributed by atoms with Crippen molar-refractivity contribution in [3.63, 3.8) is 0 Å². The third-order valence-corrected chi connectivity index (χ3v) is 4.18. The number of imide groups is 1. The Balaban J connectivity index is 1.85. The van der Waals surface area contributed by atoms with Crippen LogP contribution < -0.4 is 10.6 Å². The lowest BCUT2D eigenvalue weighted by molar-refractivity contribution is -0.150. The van der Waals surface area contributed by atoms with Gasteiger partial charge in [0.1, 0.15) is 12.1 Å². The molecule has 0 spiro atoms. The highest BCUT2D eigenvalue weighted by molar-refractivity contribution is 6.33. The molecule has 8 nitrogen and oxygen atoms in total. The first-order valence-electron chi connectivity index (χ1n) is 7.61. The number of esters is 1. The van der Waals surface area contributed by atoms with E-state index in [0.29, 0.717) is 17.1 Å². The van der Waals surface area contributed by atoms with E-state index in [-0.39, 0.29) is 0 Å². The van der Waals surface area contributed by atoms with E-state index in [1.54, 1.807) is 38.1 Å². The lowest BCUT2D eigenvalue weighted by Gasteiger charge is -2.18. The van der Waals surface area contributed by atoms with E-state index in [0.717, 1.165) is 4.90 Å². The van der Waals surface area contributed by atoms with Crippen molar-refractivity contribution in [3.05, 3.63) is 29.3 Å². The van der Waals surface area contributed by atoms with E-state index < -0.39 is 42.5 Å². The fourth-order valence-corrected chi connectivity index (χ4v) is 2.38. The summed E-state index contributed by atoms with van der Waals surface area (Å²) in [5.41, 5.74) is -0.642. The first-order chi connectivity index (χ1) is 11.8. The summed E-state index contributed by atoms with van der Waals surface area (Å²) in [6, 6.07) is 5.94. The van der Waals surface area contributed by atoms with Crippen molar-refractivity contribution in [3.8, 4) is 0 Å². The van der Waals surface area contributed by atoms with Crippen LogP contribution in [0, 0.1) is 0 Å². The minimum atomic E-state index is -1.03. The number of anilines is 1. The average Bonchev–Trinajstić information content (AvgIpc) is 2.79. The van der Waals surface area contributed by atoms with E-state index in [4.69, 9.17) is 16.3 Å². The maximum Gasteiger partial charge on any atom is 0.326 e. The van der Waals surface area contributed by atoms with E-state index >= 15 is 0 Å². The number of nitrogens with zero attached hydrogens (tertiary/aromatic N) is 1. The predicted octanol–water partition coefficient (Wildman–Crippen LogP) is 1.54. The summed E-state index contributed by atoms with van der Waals surface area (Å²) < 4.78 is 4.81. The molecule has 2 N–H and O–H groups in total. The molecule has 0 radical (unpaired) electrons. The molecule has 1 aliphatic heterocycles. The SMILES string of the molecule is CCC1(C)NC(=O)N(CC(=O)OCC(=O)Nc2ccccc2Cl)C1=O. The van der Waals surface area contributed by atoms with Crippen molar-refractivity contribution >= 4 is 41.1 Å². The van der Waals surface area contributed by atoms with E-state index in [1.165, 1.54) is 0 Å². The minimum Gasteiger partial charge on any atom is -0.454 e. The summed E-state index contributed by atoms with van der Waals surface area (Å²) in [7, 11) is 0. The van der Waals surface area contributed by atoms with E-state index in [2.05, 4.69) is 10.6 Å². The Hall–Kier alpha value is -2.61. The van der Waals surface area contributed by atoms with Crippen molar-refractivity contribution in [1.82, 2.24) is 10.2 Å². The quantitative estimate of drug-likeness (QED) is 0.586. The summed E-state index contributed by atoms with van der Waals surface area (Å²) in [6.45, 7) is 2.22. The number of ether oxygens (including phenoxy) is 1. The summed E-state index contributed by atoms with van der Waals surface area (Å²) in [5.74, 6) is -1.95. The predicted molar refractivity (Wildman–Crippen MR) is 90.0 cm³/mol. The standard InChI is InChI=1S/C16H18ClN3O5/c1-3-16(2)14(23)20(15(24)19-16)8-13(22)25-9-12(21)18-11-7-5-4-6-10(11)17/h4-7H,3,8-9H2,1-2H3,(H,18,21)(H,19,24). The fourth-order valence-electron chi connectivity index (χ4n) is 2.20. The van der Waals surface area contributed by atoms with Gasteiger partial charge in [-0.05, 0) is 25.5 Å². The summed E-state index contributed by atoms with van der Waals surface area (Å²) >= 11 is 5.91. The van der Waals surface area contributed by atoms with Gasteiger partial charge in [0.05, 0.1) is 10.7 Å². The van der Waals surface area contributed by atoms with Crippen LogP contribution in [0.5, 0.6) is 0 Å². The molecule has 25 heavy (non-hydrogen) atoms. The van der Waals surface area contributed by atoms with Gasteiger partial charge in [0.25, 0.3) is 11.8 Å². The van der Waals surface area contributed by atoms with Gasteiger partial charge in [0.15, 0.2) is 6.61 Å². The van der Waals surface area contributed by atoms with Gasteiger partial charge in [-0.2, -0.15) is 0 Å². The second-order valence-corrected chi connectivity index (χ2v) is 6.10. The van der Waals surface area contributed by atoms with Gasteiger partial charge < -0.3 is 15.4 Å². The number of para-hydroxylation sites is 1. The van der Waals surface area contributed by atoms with Gasteiger partial charge >= 0.3 is 12.0 Å². The Morgan fingerprint density at radius 2 is 2.00 bits per heavy atom. The third-order valence-electron chi connectivity index (χ3n) is 3.85. The fraction of sp³-hybridized carbons (Fsp3) is 0.375. The molecule has 0 bridgehead atoms. The highest BCUT2D eigenvalue weighted by Gasteiger charge is 2.47. The van der Waals surface area contributed by atoms with Crippen LogP contribution in [0.3, 0.4) is 0 Å². The van der Waals surface area contributed by atoms with Crippen LogP contribution in [0.15, 0.2) is 24.3 Å². The summed E-state index contributed by atoms with van der Waals surface area (Å²) in [5, 5.41) is 5.36. The summed E-state index contributed by atoms with van der Waals surface area (Å²) in [4.78, 5) is 48.3. The number of carbonyl (C=O) groups is 4. The van der Waals surface area contributed by atoms with Crippen LogP contribution in [0.4, 0.5) is 10.5 Å². The molecule has 1 fully saturated rings. The Morgan fingerprint density at radius 1 is 1.32 bits per heavy atom. The smallest absolute Gasteiger partial charge is 0.326 e. The molecular weight excluding hydrogens is 350 g/mol. The molecule has 1 aromatic carbocycles. The zero-order valence-corrected chi connectivity index (χ0v) is 14.6. The molecule has 1 aliphatic rings. The van der Waals surface area contributed by atoms with Crippen LogP contribution in [0.1, 0.15) is 20.3 Å². The van der Waals surface area contributed by atoms with Gasteiger partial charge in [0.2, 0.25) is 0 Å². The van der Waals surface area contributed by atoms with Crippen molar-refractivity contribution in [2.24, 2.45) is 0 Å². The molecule has 1 unspecified atom stereocenters. The van der Waals surface area contributed by atoms with E-state index in [9.17, 15) is 19.2 Å². The number of hydrogen-bond acceptors (Lipinski definition) is 5. The number of nitrogens with one attached hydrogen (secondary N) is 2. The lowest BCUT2D eigenvalue weighted by atomic mass is 9.99. The molecule has 9 heteroatoms. The second-order valence-electron chi connectivity index (χ2n) is 5.70. The lowest BCUT2D eigenvalue weighted by Crippen LogP contribution is -2.43. The largest absolute Gasteiger partial charge is 0.454 e. The van der Waals surface area contributed by atoms with Crippen LogP contribution in [0.2, 0.25) is 5.02 Å². The van der Waals surface area contributed by atoms with Crippen LogP contribution in [0.25, 0.3) is 0 Å². The number of carbonyl (C=O) groups excluding carboxylic acids is 4. The van der Waals surface area contributed by atoms with Crippen molar-refractivity contribution < 1.29 is 23.9 Å². The highest BCUT2D eigenvalue weighted by atomic mass is 35.5. The van der Waals surface area contributed by atoms with Crippen molar-refractivity contribution in [1.29, 1.82) is 0 Å². The molecule has 1 aromatic rings. The van der Waals surface area contributed by atoms with Crippen LogP contribution in [-0.4, -0.2) is 47.4 Å². The first kappa shape index (κ1) is 18.7. The number of hydrogen-bond donors (Lipinski definition) is 2. The Kier molecular flexibility index (Phi) is 5.63. The van der Waals surface area contributed by atoms with Gasteiger partial charge in [-0.3, -0.25) is 19.3 Å². The second kappa shape index (κ2) is 7.52. The maximum absolute atomic E-state index is 12.2. The number of rotatable bonds is 6. The molecule has 0 aromatic heterocycles. The monoisotopic (exact) mass is 367 g/mol. The molecular formula is C16H18ClN3O5. The molecule has 2 rings (SSSR count). The molecule has 4 amide bonds. The van der Waals surface area contributed by atoms with Gasteiger partial charge in [-0.25, -0.2) is 4.79 Å². The average molecular weight is 368 g/mol. The number of benzene rings is 1. The zero-order chi connectivity index (χ0) is 18.6. The molecule has 1 heterocycles. The van der Waals surface area contributed by atoms with Gasteiger partial charge in [-0.1, -0.05) is 30.7 Å². The summed E-state index contributed by atoms with van der Waals surface area (Å²) in [6.07, 6.45) is 0.392. The number of halogens is 1. The molecule has 0 saturated carbocycles. The van der Waals surface area contributed by atoms with Crippen LogP contribution in [-0.2, 0) is 19.1 Å². The normalized spacial score (nSPS) is 19.6. The van der Waals surface area contributed by atoms with Gasteiger partial charge in [0, 0.05) is 0 Å². The molecule has 1 saturated heterocycles. The topological polar surface area (TPSA) is 105 Å². The number of urea groups is 1. The van der Waals surface area contributed by atoms with Gasteiger partial charge in [-0.15, -0.1) is 0 Å². The molecule has 1 atom stereocenters.